The SMILES string of the molecule is CC(C)(C)OC(=O)N[C@@H]1CCN(Cc2ccccc2)C[C@@H]1O. The van der Waals surface area contributed by atoms with Crippen LogP contribution in [0.5, 0.6) is 0 Å². The number of aliphatic hydroxyl groups excluding tert-OH is 1. The number of alkyl carbamates (subject to hydrolysis) is 1. The standard InChI is InChI=1S/C17H26N2O3/c1-17(2,3)22-16(21)18-14-9-10-19(12-15(14)20)11-13-7-5-4-6-8-13/h4-8,14-15,20H,9-12H2,1-3H3,(H,18,21)/t14-,15+/m1/s1. The van der Waals surface area contributed by atoms with E-state index in [0.29, 0.717) is 13.0 Å². The highest BCUT2D eigenvalue weighted by Crippen LogP contribution is 2.15. The summed E-state index contributed by atoms with van der Waals surface area (Å²) in [4.78, 5) is 14.0. The minimum atomic E-state index is -0.579. The summed E-state index contributed by atoms with van der Waals surface area (Å²) >= 11 is 0. The highest BCUT2D eigenvalue weighted by molar-refractivity contribution is 5.68. The molecule has 2 atom stereocenters. The van der Waals surface area contributed by atoms with Gasteiger partial charge >= 0.3 is 6.09 Å². The predicted octanol–water partition coefficient (Wildman–Crippen LogP) is 2.15. The zero-order valence-corrected chi connectivity index (χ0v) is 13.6. The lowest BCUT2D eigenvalue weighted by atomic mass is 10.0. The Morgan fingerprint density at radius 2 is 2.05 bits per heavy atom. The van der Waals surface area contributed by atoms with Crippen LogP contribution < -0.4 is 5.32 Å². The van der Waals surface area contributed by atoms with Crippen molar-refractivity contribution in [1.29, 1.82) is 0 Å². The molecule has 2 N–H and O–H groups in total. The molecule has 5 heteroatoms. The highest BCUT2D eigenvalue weighted by atomic mass is 16.6. The molecule has 1 aliphatic rings. The van der Waals surface area contributed by atoms with E-state index in [-0.39, 0.29) is 6.04 Å². The molecular formula is C17H26N2O3. The van der Waals surface area contributed by atoms with Gasteiger partial charge in [0, 0.05) is 19.6 Å². The number of carbonyl (C=O) groups is 1. The van der Waals surface area contributed by atoms with Gasteiger partial charge in [0.1, 0.15) is 5.60 Å². The van der Waals surface area contributed by atoms with E-state index in [1.165, 1.54) is 5.56 Å². The van der Waals surface area contributed by atoms with Crippen LogP contribution in [0, 0.1) is 0 Å². The molecule has 2 rings (SSSR count). The summed E-state index contributed by atoms with van der Waals surface area (Å²) in [5.41, 5.74) is 0.705. The van der Waals surface area contributed by atoms with Gasteiger partial charge in [-0.3, -0.25) is 4.90 Å². The van der Waals surface area contributed by atoms with Crippen LogP contribution in [0.1, 0.15) is 32.8 Å². The van der Waals surface area contributed by atoms with Gasteiger partial charge in [0.2, 0.25) is 0 Å². The van der Waals surface area contributed by atoms with E-state index in [4.69, 9.17) is 4.74 Å². The number of nitrogens with one attached hydrogen (secondary N) is 1. The molecular weight excluding hydrogens is 280 g/mol. The molecule has 1 aliphatic heterocycles. The summed E-state index contributed by atoms with van der Waals surface area (Å²) in [5.74, 6) is 0. The molecule has 5 nitrogen and oxygen atoms in total. The summed E-state index contributed by atoms with van der Waals surface area (Å²) in [7, 11) is 0. The zero-order chi connectivity index (χ0) is 16.2. The number of likely N-dealkylation sites (tertiary alicyclic amines) is 1. The van der Waals surface area contributed by atoms with Crippen LogP contribution in [0.2, 0.25) is 0 Å². The number of carbonyl (C=O) groups excluding carboxylic acids is 1. The first kappa shape index (κ1) is 16.8. The van der Waals surface area contributed by atoms with E-state index in [2.05, 4.69) is 22.3 Å². The summed E-state index contributed by atoms with van der Waals surface area (Å²) < 4.78 is 5.24. The van der Waals surface area contributed by atoms with Crippen LogP contribution in [0.15, 0.2) is 30.3 Å². The third-order valence-electron chi connectivity index (χ3n) is 3.62. The van der Waals surface area contributed by atoms with Gasteiger partial charge in [-0.25, -0.2) is 4.79 Å². The minimum Gasteiger partial charge on any atom is -0.444 e. The number of aliphatic hydroxyl groups is 1. The number of hydrogen-bond donors (Lipinski definition) is 2. The van der Waals surface area contributed by atoms with E-state index < -0.39 is 17.8 Å². The van der Waals surface area contributed by atoms with Crippen molar-refractivity contribution in [3.63, 3.8) is 0 Å². The van der Waals surface area contributed by atoms with Crippen molar-refractivity contribution < 1.29 is 14.6 Å². The summed E-state index contributed by atoms with van der Waals surface area (Å²) in [6, 6.07) is 9.94. The van der Waals surface area contributed by atoms with Gasteiger partial charge in [-0.2, -0.15) is 0 Å². The van der Waals surface area contributed by atoms with Gasteiger partial charge < -0.3 is 15.2 Å². The van der Waals surface area contributed by atoms with Crippen molar-refractivity contribution in [2.75, 3.05) is 13.1 Å². The van der Waals surface area contributed by atoms with E-state index in [9.17, 15) is 9.90 Å². The number of β-amino-alcohol motifs (C(OH)–C–C–N with tert-alkyl or cyclic N) is 1. The van der Waals surface area contributed by atoms with Crippen molar-refractivity contribution in [3.8, 4) is 0 Å². The smallest absolute Gasteiger partial charge is 0.407 e. The Labute approximate surface area is 132 Å². The first-order chi connectivity index (χ1) is 10.3. The van der Waals surface area contributed by atoms with Crippen LogP contribution in [0.25, 0.3) is 0 Å². The second-order valence-electron chi connectivity index (χ2n) is 6.83. The van der Waals surface area contributed by atoms with Crippen LogP contribution in [0.3, 0.4) is 0 Å². The molecule has 0 saturated carbocycles. The van der Waals surface area contributed by atoms with Gasteiger partial charge in [-0.05, 0) is 32.8 Å². The number of benzene rings is 1. The van der Waals surface area contributed by atoms with E-state index in [1.54, 1.807) is 0 Å². The van der Waals surface area contributed by atoms with E-state index in [0.717, 1.165) is 13.1 Å². The Morgan fingerprint density at radius 3 is 2.64 bits per heavy atom. The molecule has 1 heterocycles. The molecule has 1 saturated heterocycles. The van der Waals surface area contributed by atoms with Crippen molar-refractivity contribution in [3.05, 3.63) is 35.9 Å². The number of ether oxygens (including phenoxy) is 1. The number of amides is 1. The maximum atomic E-state index is 11.8. The first-order valence-electron chi connectivity index (χ1n) is 7.77. The molecule has 1 aromatic rings. The summed E-state index contributed by atoms with van der Waals surface area (Å²) in [6.45, 7) is 7.68. The second-order valence-corrected chi connectivity index (χ2v) is 6.83. The average Bonchev–Trinajstić information content (AvgIpc) is 2.41. The fourth-order valence-electron chi connectivity index (χ4n) is 2.61. The third-order valence-corrected chi connectivity index (χ3v) is 3.62. The molecule has 1 aromatic carbocycles. The topological polar surface area (TPSA) is 61.8 Å². The summed E-state index contributed by atoms with van der Waals surface area (Å²) in [6.07, 6.45) is -0.328. The highest BCUT2D eigenvalue weighted by Gasteiger charge is 2.30. The van der Waals surface area contributed by atoms with Gasteiger partial charge in [-0.15, -0.1) is 0 Å². The number of piperidine rings is 1. The molecule has 0 aliphatic carbocycles. The predicted molar refractivity (Wildman–Crippen MR) is 85.5 cm³/mol. The normalized spacial score (nSPS) is 23.1. The Bertz CT molecular complexity index is 484. The lowest BCUT2D eigenvalue weighted by Crippen LogP contribution is -2.54. The van der Waals surface area contributed by atoms with Gasteiger partial charge in [0.05, 0.1) is 12.1 Å². The Morgan fingerprint density at radius 1 is 1.36 bits per heavy atom. The first-order valence-corrected chi connectivity index (χ1v) is 7.77. The molecule has 1 fully saturated rings. The third kappa shape index (κ3) is 5.31. The monoisotopic (exact) mass is 306 g/mol. The molecule has 0 aromatic heterocycles. The number of hydrogen-bond acceptors (Lipinski definition) is 4. The van der Waals surface area contributed by atoms with Gasteiger partial charge in [0.15, 0.2) is 0 Å². The van der Waals surface area contributed by atoms with Gasteiger partial charge in [-0.1, -0.05) is 30.3 Å². The number of nitrogens with zero attached hydrogens (tertiary/aromatic N) is 1. The molecule has 0 spiro atoms. The Hall–Kier alpha value is -1.59. The van der Waals surface area contributed by atoms with Crippen molar-refractivity contribution >= 4 is 6.09 Å². The average molecular weight is 306 g/mol. The van der Waals surface area contributed by atoms with Crippen molar-refractivity contribution in [2.45, 2.75) is 51.5 Å². The fourth-order valence-corrected chi connectivity index (χ4v) is 2.61. The maximum absolute atomic E-state index is 11.8. The van der Waals surface area contributed by atoms with Crippen LogP contribution in [0.4, 0.5) is 4.79 Å². The van der Waals surface area contributed by atoms with Crippen LogP contribution >= 0.6 is 0 Å². The fraction of sp³-hybridized carbons (Fsp3) is 0.588. The zero-order valence-electron chi connectivity index (χ0n) is 13.6. The second kappa shape index (κ2) is 7.11. The number of rotatable bonds is 3. The Kier molecular flexibility index (Phi) is 5.42. The largest absolute Gasteiger partial charge is 0.444 e. The molecule has 22 heavy (non-hydrogen) atoms. The quantitative estimate of drug-likeness (QED) is 0.898. The van der Waals surface area contributed by atoms with Crippen LogP contribution in [-0.2, 0) is 11.3 Å². The molecule has 122 valence electrons. The van der Waals surface area contributed by atoms with E-state index in [1.807, 2.05) is 39.0 Å². The molecule has 0 unspecified atom stereocenters. The van der Waals surface area contributed by atoms with Gasteiger partial charge in [0.25, 0.3) is 0 Å². The molecule has 0 bridgehead atoms. The lowest BCUT2D eigenvalue weighted by molar-refractivity contribution is 0.0183. The maximum Gasteiger partial charge on any atom is 0.407 e. The Balaban J connectivity index is 1.81. The summed E-state index contributed by atoms with van der Waals surface area (Å²) in [5, 5.41) is 13.0. The minimum absolute atomic E-state index is 0.248. The van der Waals surface area contributed by atoms with Crippen molar-refractivity contribution in [2.24, 2.45) is 0 Å². The van der Waals surface area contributed by atoms with E-state index >= 15 is 0 Å². The van der Waals surface area contributed by atoms with Crippen molar-refractivity contribution in [1.82, 2.24) is 10.2 Å². The molecule has 1 amide bonds. The lowest BCUT2D eigenvalue weighted by Gasteiger charge is -2.36. The molecule has 0 radical (unpaired) electrons. The van der Waals surface area contributed by atoms with Crippen LogP contribution in [-0.4, -0.2) is 46.9 Å².